The van der Waals surface area contributed by atoms with Crippen molar-refractivity contribution in [1.82, 2.24) is 9.97 Å². The minimum Gasteiger partial charge on any atom is -0.399 e. The van der Waals surface area contributed by atoms with E-state index in [1.165, 1.54) is 12.8 Å². The summed E-state index contributed by atoms with van der Waals surface area (Å²) in [5, 5.41) is 3.01. The van der Waals surface area contributed by atoms with Gasteiger partial charge in [0.2, 0.25) is 5.95 Å². The molecule has 21 heavy (non-hydrogen) atoms. The molecule has 1 aliphatic carbocycles. The molecular formula is C15H24BN3O2. The number of aromatic nitrogens is 2. The Balaban J connectivity index is 1.91. The molecule has 5 nitrogen and oxygen atoms in total. The highest BCUT2D eigenvalue weighted by molar-refractivity contribution is 6.62. The molecular weight excluding hydrogens is 265 g/mol. The Kier molecular flexibility index (Phi) is 3.49. The van der Waals surface area contributed by atoms with Crippen LogP contribution in [0.5, 0.6) is 0 Å². The first-order chi connectivity index (χ1) is 9.82. The third kappa shape index (κ3) is 2.79. The molecule has 1 aliphatic heterocycles. The largest absolute Gasteiger partial charge is 0.498 e. The van der Waals surface area contributed by atoms with Crippen molar-refractivity contribution in [3.63, 3.8) is 0 Å². The molecule has 0 atom stereocenters. The monoisotopic (exact) mass is 289 g/mol. The van der Waals surface area contributed by atoms with E-state index in [1.807, 2.05) is 13.2 Å². The Labute approximate surface area is 127 Å². The van der Waals surface area contributed by atoms with Crippen molar-refractivity contribution in [2.24, 2.45) is 5.92 Å². The minimum absolute atomic E-state index is 0.337. The second-order valence-electron chi connectivity index (χ2n) is 7.08. The van der Waals surface area contributed by atoms with E-state index in [2.05, 4.69) is 43.0 Å². The zero-order valence-electron chi connectivity index (χ0n) is 13.6. The summed E-state index contributed by atoms with van der Waals surface area (Å²) in [7, 11) is 1.46. The van der Waals surface area contributed by atoms with Crippen LogP contribution in [0.2, 0.25) is 0 Å². The van der Waals surface area contributed by atoms with Gasteiger partial charge in [-0.1, -0.05) is 0 Å². The smallest absolute Gasteiger partial charge is 0.399 e. The average molecular weight is 289 g/mol. The number of nitrogens with zero attached hydrogens (tertiary/aromatic N) is 2. The van der Waals surface area contributed by atoms with Crippen LogP contribution in [-0.2, 0) is 15.7 Å². The van der Waals surface area contributed by atoms with Crippen molar-refractivity contribution >= 4 is 18.5 Å². The first-order valence-corrected chi connectivity index (χ1v) is 7.71. The van der Waals surface area contributed by atoms with Crippen LogP contribution in [0.15, 0.2) is 6.20 Å². The molecule has 1 aromatic rings. The van der Waals surface area contributed by atoms with Crippen molar-refractivity contribution in [3.05, 3.63) is 11.9 Å². The predicted octanol–water partition coefficient (Wildman–Crippen LogP) is 1.77. The van der Waals surface area contributed by atoms with Gasteiger partial charge in [-0.3, -0.25) is 0 Å². The standard InChI is InChI=1S/C15H24BN3O2/c1-14(2)15(3,4)21-16(20-14)11-9-18-13(17-5)19-12(11)8-10-6-7-10/h9-10H,6-8H2,1-5H3,(H,17,18,19). The lowest BCUT2D eigenvalue weighted by atomic mass is 9.78. The van der Waals surface area contributed by atoms with E-state index in [-0.39, 0.29) is 18.3 Å². The quantitative estimate of drug-likeness (QED) is 0.856. The normalized spacial score (nSPS) is 23.4. The van der Waals surface area contributed by atoms with Gasteiger partial charge >= 0.3 is 7.12 Å². The van der Waals surface area contributed by atoms with E-state index in [0.29, 0.717) is 5.95 Å². The van der Waals surface area contributed by atoms with Crippen LogP contribution in [0.25, 0.3) is 0 Å². The molecule has 0 aromatic carbocycles. The fourth-order valence-corrected chi connectivity index (χ4v) is 2.47. The first kappa shape index (κ1) is 14.8. The molecule has 0 spiro atoms. The molecule has 1 saturated carbocycles. The van der Waals surface area contributed by atoms with Crippen LogP contribution in [0.3, 0.4) is 0 Å². The Morgan fingerprint density at radius 1 is 1.24 bits per heavy atom. The lowest BCUT2D eigenvalue weighted by molar-refractivity contribution is 0.00578. The molecule has 2 aliphatic rings. The lowest BCUT2D eigenvalue weighted by Crippen LogP contribution is -2.41. The van der Waals surface area contributed by atoms with Gasteiger partial charge < -0.3 is 14.6 Å². The van der Waals surface area contributed by atoms with Crippen LogP contribution < -0.4 is 10.8 Å². The van der Waals surface area contributed by atoms with Crippen molar-refractivity contribution < 1.29 is 9.31 Å². The van der Waals surface area contributed by atoms with Crippen LogP contribution in [0.4, 0.5) is 5.95 Å². The number of hydrogen-bond donors (Lipinski definition) is 1. The predicted molar refractivity (Wildman–Crippen MR) is 83.7 cm³/mol. The van der Waals surface area contributed by atoms with Gasteiger partial charge in [-0.2, -0.15) is 0 Å². The van der Waals surface area contributed by atoms with Gasteiger partial charge in [-0.25, -0.2) is 9.97 Å². The average Bonchev–Trinajstić information content (AvgIpc) is 3.17. The number of rotatable bonds is 4. The molecule has 1 saturated heterocycles. The molecule has 1 N–H and O–H groups in total. The summed E-state index contributed by atoms with van der Waals surface area (Å²) in [6, 6.07) is 0. The summed E-state index contributed by atoms with van der Waals surface area (Å²) in [6.45, 7) is 8.26. The Hall–Kier alpha value is -1.14. The summed E-state index contributed by atoms with van der Waals surface area (Å²) in [5.41, 5.74) is 1.35. The maximum absolute atomic E-state index is 6.14. The fourth-order valence-electron chi connectivity index (χ4n) is 2.47. The third-order valence-electron chi connectivity index (χ3n) is 4.81. The molecule has 0 radical (unpaired) electrons. The first-order valence-electron chi connectivity index (χ1n) is 7.71. The van der Waals surface area contributed by atoms with E-state index in [0.717, 1.165) is 23.5 Å². The number of hydrogen-bond acceptors (Lipinski definition) is 5. The topological polar surface area (TPSA) is 56.3 Å². The highest BCUT2D eigenvalue weighted by Crippen LogP contribution is 2.37. The minimum atomic E-state index is -0.380. The van der Waals surface area contributed by atoms with Crippen LogP contribution in [0, 0.1) is 5.92 Å². The highest BCUT2D eigenvalue weighted by atomic mass is 16.7. The Morgan fingerprint density at radius 2 is 1.86 bits per heavy atom. The van der Waals surface area contributed by atoms with E-state index in [9.17, 15) is 0 Å². The van der Waals surface area contributed by atoms with Gasteiger partial charge in [0.05, 0.1) is 11.2 Å². The molecule has 0 bridgehead atoms. The molecule has 2 heterocycles. The highest BCUT2D eigenvalue weighted by Gasteiger charge is 2.52. The molecule has 6 heteroatoms. The lowest BCUT2D eigenvalue weighted by Gasteiger charge is -2.32. The van der Waals surface area contributed by atoms with Gasteiger partial charge in [-0.05, 0) is 52.9 Å². The van der Waals surface area contributed by atoms with E-state index in [1.54, 1.807) is 0 Å². The summed E-state index contributed by atoms with van der Waals surface area (Å²) in [5.74, 6) is 1.41. The van der Waals surface area contributed by atoms with Crippen molar-refractivity contribution in [2.45, 2.75) is 58.2 Å². The molecule has 0 amide bonds. The van der Waals surface area contributed by atoms with Crippen LogP contribution >= 0.6 is 0 Å². The van der Waals surface area contributed by atoms with Crippen LogP contribution in [0.1, 0.15) is 46.2 Å². The summed E-state index contributed by atoms with van der Waals surface area (Å²) in [6.07, 6.45) is 5.42. The van der Waals surface area contributed by atoms with Crippen molar-refractivity contribution in [1.29, 1.82) is 0 Å². The SMILES string of the molecule is CNc1ncc(B2OC(C)(C)C(C)(C)O2)c(CC2CC2)n1. The van der Waals surface area contributed by atoms with Gasteiger partial charge in [-0.15, -0.1) is 0 Å². The molecule has 114 valence electrons. The maximum Gasteiger partial charge on any atom is 0.498 e. The Morgan fingerprint density at radius 3 is 2.38 bits per heavy atom. The number of nitrogens with one attached hydrogen (secondary N) is 1. The van der Waals surface area contributed by atoms with E-state index < -0.39 is 0 Å². The zero-order chi connectivity index (χ0) is 15.3. The summed E-state index contributed by atoms with van der Waals surface area (Å²) in [4.78, 5) is 8.97. The van der Waals surface area contributed by atoms with Gasteiger partial charge in [0, 0.05) is 24.4 Å². The summed E-state index contributed by atoms with van der Waals surface area (Å²) < 4.78 is 12.3. The van der Waals surface area contributed by atoms with Crippen molar-refractivity contribution in [2.75, 3.05) is 12.4 Å². The third-order valence-corrected chi connectivity index (χ3v) is 4.81. The van der Waals surface area contributed by atoms with Crippen molar-refractivity contribution in [3.8, 4) is 0 Å². The number of anilines is 1. The van der Waals surface area contributed by atoms with Gasteiger partial charge in [0.25, 0.3) is 0 Å². The van der Waals surface area contributed by atoms with Gasteiger partial charge in [0.1, 0.15) is 0 Å². The van der Waals surface area contributed by atoms with E-state index in [4.69, 9.17) is 9.31 Å². The second-order valence-corrected chi connectivity index (χ2v) is 7.08. The molecule has 0 unspecified atom stereocenters. The fraction of sp³-hybridized carbons (Fsp3) is 0.733. The maximum atomic E-state index is 6.14. The summed E-state index contributed by atoms with van der Waals surface area (Å²) >= 11 is 0. The Bertz CT molecular complexity index is 528. The molecule has 2 fully saturated rings. The van der Waals surface area contributed by atoms with Crippen LogP contribution in [-0.4, -0.2) is 35.3 Å². The molecule has 1 aromatic heterocycles. The van der Waals surface area contributed by atoms with E-state index >= 15 is 0 Å². The second kappa shape index (κ2) is 4.95. The zero-order valence-corrected chi connectivity index (χ0v) is 13.6. The molecule has 3 rings (SSSR count). The van der Waals surface area contributed by atoms with Gasteiger partial charge in [0.15, 0.2) is 0 Å².